The molecule has 1 heterocycles. The average molecular weight is 339 g/mol. The van der Waals surface area contributed by atoms with Gasteiger partial charge in [-0.2, -0.15) is 0 Å². The summed E-state index contributed by atoms with van der Waals surface area (Å²) >= 11 is 1.22. The van der Waals surface area contributed by atoms with Crippen molar-refractivity contribution in [3.8, 4) is 11.5 Å². The van der Waals surface area contributed by atoms with Crippen molar-refractivity contribution in [1.29, 1.82) is 0 Å². The predicted octanol–water partition coefficient (Wildman–Crippen LogP) is 4.08. The maximum atomic E-state index is 12.0. The van der Waals surface area contributed by atoms with Crippen molar-refractivity contribution in [3.05, 3.63) is 59.7 Å². The van der Waals surface area contributed by atoms with Gasteiger partial charge in [0.1, 0.15) is 0 Å². The van der Waals surface area contributed by atoms with Crippen LogP contribution in [0.5, 0.6) is 0 Å². The first kappa shape index (κ1) is 16.3. The number of amides is 1. The van der Waals surface area contributed by atoms with Gasteiger partial charge in [-0.3, -0.25) is 4.79 Å². The lowest BCUT2D eigenvalue weighted by Gasteiger charge is -2.06. The molecule has 1 N–H and O–H groups in total. The third kappa shape index (κ3) is 4.02. The van der Waals surface area contributed by atoms with Crippen LogP contribution in [0, 0.1) is 13.8 Å². The van der Waals surface area contributed by atoms with Crippen LogP contribution in [0.15, 0.2) is 58.2 Å². The molecule has 0 aliphatic carbocycles. The second-order valence-electron chi connectivity index (χ2n) is 5.39. The molecule has 0 atom stereocenters. The summed E-state index contributed by atoms with van der Waals surface area (Å²) in [5.41, 5.74) is 3.87. The third-order valence-electron chi connectivity index (χ3n) is 3.45. The van der Waals surface area contributed by atoms with Gasteiger partial charge in [-0.1, -0.05) is 47.7 Å². The monoisotopic (exact) mass is 339 g/mol. The minimum atomic E-state index is -0.107. The first-order valence-electron chi connectivity index (χ1n) is 7.50. The molecule has 0 unspecified atom stereocenters. The summed E-state index contributed by atoms with van der Waals surface area (Å²) in [6.45, 7) is 3.97. The van der Waals surface area contributed by atoms with Crippen molar-refractivity contribution in [1.82, 2.24) is 10.2 Å². The van der Waals surface area contributed by atoms with E-state index in [4.69, 9.17) is 4.42 Å². The van der Waals surface area contributed by atoms with E-state index in [2.05, 4.69) is 15.5 Å². The summed E-state index contributed by atoms with van der Waals surface area (Å²) in [5.74, 6) is 0.560. The van der Waals surface area contributed by atoms with Crippen LogP contribution in [0.2, 0.25) is 0 Å². The second-order valence-corrected chi connectivity index (χ2v) is 6.32. The van der Waals surface area contributed by atoms with Crippen LogP contribution in [-0.2, 0) is 4.79 Å². The Hall–Kier alpha value is -2.60. The number of nitrogens with one attached hydrogen (secondary N) is 1. The summed E-state index contributed by atoms with van der Waals surface area (Å²) in [7, 11) is 0. The lowest BCUT2D eigenvalue weighted by atomic mass is 10.1. The van der Waals surface area contributed by atoms with E-state index in [0.717, 1.165) is 16.8 Å². The number of thioether (sulfide) groups is 1. The van der Waals surface area contributed by atoms with Crippen LogP contribution in [0.1, 0.15) is 11.1 Å². The van der Waals surface area contributed by atoms with E-state index in [1.165, 1.54) is 17.3 Å². The maximum Gasteiger partial charge on any atom is 0.277 e. The van der Waals surface area contributed by atoms with Crippen LogP contribution < -0.4 is 5.32 Å². The van der Waals surface area contributed by atoms with Crippen molar-refractivity contribution in [2.45, 2.75) is 19.1 Å². The minimum Gasteiger partial charge on any atom is -0.411 e. The predicted molar refractivity (Wildman–Crippen MR) is 95.0 cm³/mol. The molecule has 2 aromatic carbocycles. The Morgan fingerprint density at radius 2 is 1.83 bits per heavy atom. The van der Waals surface area contributed by atoms with E-state index in [1.54, 1.807) is 0 Å². The molecular weight excluding hydrogens is 322 g/mol. The molecule has 0 radical (unpaired) electrons. The fraction of sp³-hybridized carbons (Fsp3) is 0.167. The molecule has 0 aliphatic heterocycles. The first-order chi connectivity index (χ1) is 11.6. The van der Waals surface area contributed by atoms with Crippen molar-refractivity contribution in [3.63, 3.8) is 0 Å². The van der Waals surface area contributed by atoms with Crippen LogP contribution >= 0.6 is 11.8 Å². The molecule has 3 aromatic rings. The smallest absolute Gasteiger partial charge is 0.277 e. The first-order valence-corrected chi connectivity index (χ1v) is 8.49. The van der Waals surface area contributed by atoms with E-state index >= 15 is 0 Å². The molecular formula is C18H17N3O2S. The molecule has 0 saturated carbocycles. The summed E-state index contributed by atoms with van der Waals surface area (Å²) in [5, 5.41) is 11.3. The highest BCUT2D eigenvalue weighted by molar-refractivity contribution is 7.99. The topological polar surface area (TPSA) is 68.0 Å². The molecule has 3 rings (SSSR count). The van der Waals surface area contributed by atoms with Gasteiger partial charge in [0, 0.05) is 11.3 Å². The molecule has 0 aliphatic rings. The maximum absolute atomic E-state index is 12.0. The summed E-state index contributed by atoms with van der Waals surface area (Å²) < 4.78 is 5.59. The number of rotatable bonds is 5. The van der Waals surface area contributed by atoms with E-state index in [-0.39, 0.29) is 11.7 Å². The van der Waals surface area contributed by atoms with Crippen molar-refractivity contribution >= 4 is 23.4 Å². The fourth-order valence-corrected chi connectivity index (χ4v) is 2.67. The molecule has 0 fully saturated rings. The number of nitrogens with zero attached hydrogens (tertiary/aromatic N) is 2. The van der Waals surface area contributed by atoms with Gasteiger partial charge in [0.05, 0.1) is 5.75 Å². The Morgan fingerprint density at radius 3 is 2.58 bits per heavy atom. The number of para-hydroxylation sites is 1. The molecule has 5 nitrogen and oxygen atoms in total. The molecule has 122 valence electrons. The van der Waals surface area contributed by atoms with Gasteiger partial charge >= 0.3 is 0 Å². The average Bonchev–Trinajstić information content (AvgIpc) is 3.05. The zero-order valence-corrected chi connectivity index (χ0v) is 14.3. The van der Waals surface area contributed by atoms with Crippen molar-refractivity contribution < 1.29 is 9.21 Å². The van der Waals surface area contributed by atoms with E-state index in [0.29, 0.717) is 11.1 Å². The van der Waals surface area contributed by atoms with Gasteiger partial charge in [-0.05, 0) is 37.6 Å². The Labute approximate surface area is 144 Å². The summed E-state index contributed by atoms with van der Waals surface area (Å²) in [6.07, 6.45) is 0. The number of carbonyl (C=O) groups is 1. The lowest BCUT2D eigenvalue weighted by Crippen LogP contribution is -2.14. The largest absolute Gasteiger partial charge is 0.411 e. The minimum absolute atomic E-state index is 0.107. The number of carbonyl (C=O) groups excluding carboxylic acids is 1. The summed E-state index contributed by atoms with van der Waals surface area (Å²) in [6, 6.07) is 15.5. The molecule has 24 heavy (non-hydrogen) atoms. The Morgan fingerprint density at radius 1 is 1.08 bits per heavy atom. The number of hydrogen-bond donors (Lipinski definition) is 1. The lowest BCUT2D eigenvalue weighted by molar-refractivity contribution is -0.113. The Bertz CT molecular complexity index is 843. The highest BCUT2D eigenvalue weighted by Crippen LogP contribution is 2.23. The van der Waals surface area contributed by atoms with Gasteiger partial charge in [0.2, 0.25) is 11.8 Å². The van der Waals surface area contributed by atoms with Gasteiger partial charge in [-0.25, -0.2) is 0 Å². The molecule has 1 aromatic heterocycles. The normalized spacial score (nSPS) is 10.6. The van der Waals surface area contributed by atoms with Gasteiger partial charge in [-0.15, -0.1) is 10.2 Å². The van der Waals surface area contributed by atoms with E-state index < -0.39 is 0 Å². The van der Waals surface area contributed by atoms with Crippen LogP contribution in [0.4, 0.5) is 5.69 Å². The molecule has 0 spiro atoms. The van der Waals surface area contributed by atoms with Gasteiger partial charge in [0.15, 0.2) is 0 Å². The second kappa shape index (κ2) is 7.31. The van der Waals surface area contributed by atoms with E-state index in [9.17, 15) is 4.79 Å². The zero-order chi connectivity index (χ0) is 16.9. The standard InChI is InChI=1S/C18H17N3O2S/c1-12-7-9-14(10-8-12)17-20-21-18(23-17)24-11-16(22)19-15-6-4-3-5-13(15)2/h3-10H,11H2,1-2H3,(H,19,22). The van der Waals surface area contributed by atoms with Gasteiger partial charge in [0.25, 0.3) is 5.22 Å². The molecule has 0 saturated heterocycles. The van der Waals surface area contributed by atoms with Gasteiger partial charge < -0.3 is 9.73 Å². The van der Waals surface area contributed by atoms with Crippen LogP contribution in [0.25, 0.3) is 11.5 Å². The SMILES string of the molecule is Cc1ccc(-c2nnc(SCC(=O)Nc3ccccc3C)o2)cc1. The number of anilines is 1. The molecule has 6 heteroatoms. The summed E-state index contributed by atoms with van der Waals surface area (Å²) in [4.78, 5) is 12.0. The molecule has 1 amide bonds. The third-order valence-corrected chi connectivity index (χ3v) is 4.27. The number of aryl methyl sites for hydroxylation is 2. The highest BCUT2D eigenvalue weighted by Gasteiger charge is 2.11. The number of hydrogen-bond acceptors (Lipinski definition) is 5. The Kier molecular flexibility index (Phi) is 4.96. The number of aromatic nitrogens is 2. The van der Waals surface area contributed by atoms with Crippen molar-refractivity contribution in [2.24, 2.45) is 0 Å². The molecule has 0 bridgehead atoms. The van der Waals surface area contributed by atoms with Crippen molar-refractivity contribution in [2.75, 3.05) is 11.1 Å². The highest BCUT2D eigenvalue weighted by atomic mass is 32.2. The number of benzene rings is 2. The van der Waals surface area contributed by atoms with Crippen LogP contribution in [0.3, 0.4) is 0 Å². The quantitative estimate of drug-likeness (QED) is 0.709. The van der Waals surface area contributed by atoms with E-state index in [1.807, 2.05) is 62.4 Å². The fourth-order valence-electron chi connectivity index (χ4n) is 2.11. The Balaban J connectivity index is 1.58. The van der Waals surface area contributed by atoms with Crippen LogP contribution in [-0.4, -0.2) is 21.9 Å². The zero-order valence-electron chi connectivity index (χ0n) is 13.4.